The van der Waals surface area contributed by atoms with Gasteiger partial charge in [0.05, 0.1) is 11.0 Å². The fourth-order valence-electron chi connectivity index (χ4n) is 3.05. The Kier molecular flexibility index (Phi) is 3.72. The number of aromatic nitrogens is 2. The van der Waals surface area contributed by atoms with Gasteiger partial charge in [0.1, 0.15) is 5.75 Å². The summed E-state index contributed by atoms with van der Waals surface area (Å²) in [5.41, 5.74) is 3.71. The third-order valence-corrected chi connectivity index (χ3v) is 4.16. The van der Waals surface area contributed by atoms with Gasteiger partial charge in [0, 0.05) is 47.7 Å². The van der Waals surface area contributed by atoms with Crippen molar-refractivity contribution in [1.29, 1.82) is 0 Å². The topological polar surface area (TPSA) is 39.1 Å². The molecule has 0 bridgehead atoms. The number of nitrogens with one attached hydrogen (secondary N) is 1. The quantitative estimate of drug-likeness (QED) is 0.564. The SMILES string of the molecule is Cn1c2ccncc2c2ccc(Nc3cccc(OC(F)F)c3)cc21. The van der Waals surface area contributed by atoms with Crippen LogP contribution in [0.4, 0.5) is 20.2 Å². The van der Waals surface area contributed by atoms with Crippen molar-refractivity contribution in [2.45, 2.75) is 6.61 Å². The molecule has 0 spiro atoms. The number of ether oxygens (including phenoxy) is 1. The maximum Gasteiger partial charge on any atom is 0.387 e. The number of hydrogen-bond acceptors (Lipinski definition) is 3. The summed E-state index contributed by atoms with van der Waals surface area (Å²) in [7, 11) is 2.01. The fourth-order valence-corrected chi connectivity index (χ4v) is 3.05. The monoisotopic (exact) mass is 339 g/mol. The zero-order valence-corrected chi connectivity index (χ0v) is 13.4. The molecule has 0 aliphatic carbocycles. The van der Waals surface area contributed by atoms with Crippen molar-refractivity contribution in [2.24, 2.45) is 7.05 Å². The highest BCUT2D eigenvalue weighted by molar-refractivity contribution is 6.08. The molecule has 4 nitrogen and oxygen atoms in total. The van der Waals surface area contributed by atoms with Gasteiger partial charge in [-0.2, -0.15) is 8.78 Å². The van der Waals surface area contributed by atoms with Crippen LogP contribution in [0.2, 0.25) is 0 Å². The average Bonchev–Trinajstić information content (AvgIpc) is 2.88. The van der Waals surface area contributed by atoms with Crippen LogP contribution in [0.5, 0.6) is 5.75 Å². The van der Waals surface area contributed by atoms with Crippen LogP contribution in [0.1, 0.15) is 0 Å². The van der Waals surface area contributed by atoms with Crippen molar-refractivity contribution in [1.82, 2.24) is 9.55 Å². The Morgan fingerprint density at radius 1 is 1.00 bits per heavy atom. The van der Waals surface area contributed by atoms with Crippen LogP contribution >= 0.6 is 0 Å². The van der Waals surface area contributed by atoms with E-state index in [2.05, 4.69) is 19.6 Å². The van der Waals surface area contributed by atoms with Crippen LogP contribution in [-0.4, -0.2) is 16.2 Å². The summed E-state index contributed by atoms with van der Waals surface area (Å²) in [6.07, 6.45) is 3.63. The van der Waals surface area contributed by atoms with Gasteiger partial charge >= 0.3 is 6.61 Å². The van der Waals surface area contributed by atoms with Crippen LogP contribution in [0.15, 0.2) is 60.9 Å². The summed E-state index contributed by atoms with van der Waals surface area (Å²) < 4.78 is 31.2. The minimum absolute atomic E-state index is 0.122. The molecule has 2 heterocycles. The van der Waals surface area contributed by atoms with Crippen LogP contribution < -0.4 is 10.1 Å². The molecule has 2 aromatic carbocycles. The highest BCUT2D eigenvalue weighted by Gasteiger charge is 2.09. The first-order chi connectivity index (χ1) is 12.1. The number of alkyl halides is 2. The largest absolute Gasteiger partial charge is 0.435 e. The predicted octanol–water partition coefficient (Wildman–Crippen LogP) is 5.07. The number of rotatable bonds is 4. The molecule has 126 valence electrons. The zero-order valence-electron chi connectivity index (χ0n) is 13.4. The lowest BCUT2D eigenvalue weighted by Crippen LogP contribution is -2.02. The van der Waals surface area contributed by atoms with Gasteiger partial charge in [-0.25, -0.2) is 0 Å². The molecule has 0 fully saturated rings. The first kappa shape index (κ1) is 15.4. The summed E-state index contributed by atoms with van der Waals surface area (Å²) in [5, 5.41) is 5.44. The molecular weight excluding hydrogens is 324 g/mol. The molecule has 1 N–H and O–H groups in total. The van der Waals surface area contributed by atoms with Gasteiger partial charge in [-0.3, -0.25) is 4.98 Å². The second-order valence-corrected chi connectivity index (χ2v) is 5.72. The Bertz CT molecular complexity index is 1060. The molecule has 4 aromatic rings. The highest BCUT2D eigenvalue weighted by atomic mass is 19.3. The molecule has 25 heavy (non-hydrogen) atoms. The number of fused-ring (bicyclic) bond motifs is 3. The molecule has 2 aromatic heterocycles. The van der Waals surface area contributed by atoms with E-state index in [0.29, 0.717) is 5.69 Å². The fraction of sp³-hybridized carbons (Fsp3) is 0.105. The summed E-state index contributed by atoms with van der Waals surface area (Å²) in [6, 6.07) is 14.5. The first-order valence-electron chi connectivity index (χ1n) is 7.76. The lowest BCUT2D eigenvalue weighted by molar-refractivity contribution is -0.0497. The number of aryl methyl sites for hydroxylation is 1. The Morgan fingerprint density at radius 2 is 1.84 bits per heavy atom. The van der Waals surface area contributed by atoms with Crippen molar-refractivity contribution in [3.8, 4) is 5.75 Å². The zero-order chi connectivity index (χ0) is 17.4. The van der Waals surface area contributed by atoms with Crippen molar-refractivity contribution in [3.63, 3.8) is 0 Å². The summed E-state index contributed by atoms with van der Waals surface area (Å²) in [5.74, 6) is 0.122. The van der Waals surface area contributed by atoms with Gasteiger partial charge in [-0.05, 0) is 30.3 Å². The van der Waals surface area contributed by atoms with E-state index in [1.165, 1.54) is 6.07 Å². The van der Waals surface area contributed by atoms with E-state index >= 15 is 0 Å². The van der Waals surface area contributed by atoms with Crippen molar-refractivity contribution >= 4 is 33.2 Å². The molecule has 4 rings (SSSR count). The third-order valence-electron chi connectivity index (χ3n) is 4.16. The molecule has 6 heteroatoms. The lowest BCUT2D eigenvalue weighted by Gasteiger charge is -2.10. The number of hydrogen-bond donors (Lipinski definition) is 1. The number of halogens is 2. The standard InChI is InChI=1S/C19H15F2N3O/c1-24-17-7-8-22-11-16(17)15-6-5-13(10-18(15)24)23-12-3-2-4-14(9-12)25-19(20)21/h2-11,19,23H,1H3. The summed E-state index contributed by atoms with van der Waals surface area (Å²) in [6.45, 7) is -2.84. The maximum absolute atomic E-state index is 12.3. The van der Waals surface area contributed by atoms with Crippen molar-refractivity contribution in [3.05, 3.63) is 60.9 Å². The van der Waals surface area contributed by atoms with E-state index in [4.69, 9.17) is 0 Å². The Hall–Kier alpha value is -3.15. The molecule has 0 aliphatic rings. The second kappa shape index (κ2) is 6.05. The van der Waals surface area contributed by atoms with Gasteiger partial charge in [0.2, 0.25) is 0 Å². The summed E-state index contributed by atoms with van der Waals surface area (Å²) >= 11 is 0. The van der Waals surface area contributed by atoms with E-state index in [1.807, 2.05) is 37.5 Å². The van der Waals surface area contributed by atoms with Crippen LogP contribution in [0.25, 0.3) is 21.8 Å². The second-order valence-electron chi connectivity index (χ2n) is 5.72. The van der Waals surface area contributed by atoms with E-state index in [9.17, 15) is 8.78 Å². The Labute approximate surface area is 142 Å². The molecular formula is C19H15F2N3O. The molecule has 0 aliphatic heterocycles. The lowest BCUT2D eigenvalue weighted by atomic mass is 10.2. The highest BCUT2D eigenvalue weighted by Crippen LogP contribution is 2.31. The average molecular weight is 339 g/mol. The molecule has 0 unspecified atom stereocenters. The van der Waals surface area contributed by atoms with E-state index < -0.39 is 6.61 Å². The maximum atomic E-state index is 12.3. The van der Waals surface area contributed by atoms with E-state index in [1.54, 1.807) is 24.4 Å². The number of anilines is 2. The number of benzene rings is 2. The van der Waals surface area contributed by atoms with E-state index in [0.717, 1.165) is 27.5 Å². The molecule has 0 saturated carbocycles. The van der Waals surface area contributed by atoms with Gasteiger partial charge in [-0.15, -0.1) is 0 Å². The van der Waals surface area contributed by atoms with Gasteiger partial charge < -0.3 is 14.6 Å². The van der Waals surface area contributed by atoms with Crippen molar-refractivity contribution < 1.29 is 13.5 Å². The van der Waals surface area contributed by atoms with Gasteiger partial charge in [0.25, 0.3) is 0 Å². The van der Waals surface area contributed by atoms with E-state index in [-0.39, 0.29) is 5.75 Å². The molecule has 0 radical (unpaired) electrons. The minimum atomic E-state index is -2.84. The Morgan fingerprint density at radius 3 is 2.68 bits per heavy atom. The van der Waals surface area contributed by atoms with Gasteiger partial charge in [0.15, 0.2) is 0 Å². The summed E-state index contributed by atoms with van der Waals surface area (Å²) in [4.78, 5) is 4.20. The minimum Gasteiger partial charge on any atom is -0.435 e. The normalized spacial score (nSPS) is 11.4. The van der Waals surface area contributed by atoms with Crippen LogP contribution in [0.3, 0.4) is 0 Å². The molecule has 0 amide bonds. The first-order valence-corrected chi connectivity index (χ1v) is 7.76. The number of pyridine rings is 1. The third kappa shape index (κ3) is 2.87. The Balaban J connectivity index is 1.71. The smallest absolute Gasteiger partial charge is 0.387 e. The predicted molar refractivity (Wildman–Crippen MR) is 94.6 cm³/mol. The van der Waals surface area contributed by atoms with Gasteiger partial charge in [-0.1, -0.05) is 12.1 Å². The molecule has 0 atom stereocenters. The van der Waals surface area contributed by atoms with Crippen molar-refractivity contribution in [2.75, 3.05) is 5.32 Å². The van der Waals surface area contributed by atoms with Crippen LogP contribution in [0, 0.1) is 0 Å². The van der Waals surface area contributed by atoms with Crippen LogP contribution in [-0.2, 0) is 7.05 Å². The molecule has 0 saturated heterocycles. The number of nitrogens with zero attached hydrogens (tertiary/aromatic N) is 2.